The van der Waals surface area contributed by atoms with Gasteiger partial charge in [-0.05, 0) is 0 Å². The van der Waals surface area contributed by atoms with Crippen molar-refractivity contribution in [2.75, 3.05) is 0 Å². The Balaban J connectivity index is 5.14. The molecule has 0 aromatic rings. The first-order valence-electron chi connectivity index (χ1n) is 11.8. The molecule has 28 heavy (non-hydrogen) atoms. The van der Waals surface area contributed by atoms with Crippen LogP contribution in [-0.4, -0.2) is 29.6 Å². The second-order valence-corrected chi connectivity index (χ2v) is 22.3. The molecule has 0 aliphatic carbocycles. The molecular formula is C26H48OSn. The molecule has 1 unspecified atom stereocenters. The number of allylic oxidation sites excluding steroid dienone is 7. The molecular weight excluding hydrogens is 447 g/mol. The van der Waals surface area contributed by atoms with Crippen molar-refractivity contribution in [1.82, 2.24) is 0 Å². The number of hydrogen-bond acceptors (Lipinski definition) is 1. The van der Waals surface area contributed by atoms with Crippen LogP contribution >= 0.6 is 0 Å². The molecule has 0 aliphatic heterocycles. The van der Waals surface area contributed by atoms with Gasteiger partial charge < -0.3 is 0 Å². The Labute approximate surface area is 181 Å². The monoisotopic (exact) mass is 496 g/mol. The summed E-state index contributed by atoms with van der Waals surface area (Å²) in [5.74, 6) is 0. The topological polar surface area (TPSA) is 20.2 Å². The van der Waals surface area contributed by atoms with Crippen molar-refractivity contribution in [3.05, 3.63) is 45.6 Å². The summed E-state index contributed by atoms with van der Waals surface area (Å²) in [6.07, 6.45) is 22.8. The Kier molecular flexibility index (Phi) is 17.4. The van der Waals surface area contributed by atoms with Crippen molar-refractivity contribution in [2.24, 2.45) is 0 Å². The van der Waals surface area contributed by atoms with Gasteiger partial charge in [-0.1, -0.05) is 0 Å². The van der Waals surface area contributed by atoms with Crippen molar-refractivity contribution < 1.29 is 5.11 Å². The minimum absolute atomic E-state index is 0.300. The van der Waals surface area contributed by atoms with Crippen LogP contribution in [0.3, 0.4) is 0 Å². The number of unbranched alkanes of at least 4 members (excludes halogenated alkanes) is 3. The maximum absolute atomic E-state index is 9.97. The molecule has 0 spiro atoms. The van der Waals surface area contributed by atoms with E-state index in [0.29, 0.717) is 0 Å². The van der Waals surface area contributed by atoms with Crippen LogP contribution in [0.15, 0.2) is 45.6 Å². The molecule has 0 fully saturated rings. The molecule has 0 saturated heterocycles. The molecule has 0 saturated carbocycles. The molecule has 1 atom stereocenters. The second kappa shape index (κ2) is 17.6. The number of aliphatic hydroxyl groups excluding tert-OH is 1. The van der Waals surface area contributed by atoms with Gasteiger partial charge in [-0.2, -0.15) is 0 Å². The summed E-state index contributed by atoms with van der Waals surface area (Å²) in [4.78, 5) is 0. The zero-order chi connectivity index (χ0) is 21.3. The summed E-state index contributed by atoms with van der Waals surface area (Å²) in [7, 11) is 0. The molecule has 162 valence electrons. The van der Waals surface area contributed by atoms with Gasteiger partial charge in [-0.3, -0.25) is 0 Å². The van der Waals surface area contributed by atoms with Gasteiger partial charge in [-0.25, -0.2) is 0 Å². The van der Waals surface area contributed by atoms with Crippen molar-refractivity contribution in [3.8, 4) is 0 Å². The van der Waals surface area contributed by atoms with Crippen LogP contribution in [0.2, 0.25) is 13.3 Å². The summed E-state index contributed by atoms with van der Waals surface area (Å²) in [6, 6.07) is 0. The molecule has 0 radical (unpaired) electrons. The third-order valence-electron chi connectivity index (χ3n) is 5.99. The SMILES string of the molecule is CCC[CH2][Sn]([CH2]CCC)([CH2]CCC)/[C](C)=C/C=C/C=C/C=C(\C)C(O)CCC. The van der Waals surface area contributed by atoms with Crippen molar-refractivity contribution >= 4 is 18.4 Å². The zero-order valence-electron chi connectivity index (χ0n) is 19.8. The van der Waals surface area contributed by atoms with Gasteiger partial charge in [0.1, 0.15) is 0 Å². The first kappa shape index (κ1) is 27.7. The molecule has 1 N–H and O–H groups in total. The fraction of sp³-hybridized carbons (Fsp3) is 0.692. The van der Waals surface area contributed by atoms with Crippen LogP contribution < -0.4 is 0 Å². The summed E-state index contributed by atoms with van der Waals surface area (Å²) in [6.45, 7) is 13.6. The Hall–Kier alpha value is -0.281. The van der Waals surface area contributed by atoms with Gasteiger partial charge in [0.25, 0.3) is 0 Å². The van der Waals surface area contributed by atoms with Crippen LogP contribution in [0.1, 0.15) is 92.9 Å². The van der Waals surface area contributed by atoms with Gasteiger partial charge in [-0.15, -0.1) is 0 Å². The average molecular weight is 495 g/mol. The molecule has 0 heterocycles. The average Bonchev–Trinajstić information content (AvgIpc) is 2.70. The van der Waals surface area contributed by atoms with E-state index >= 15 is 0 Å². The van der Waals surface area contributed by atoms with Crippen LogP contribution in [0.5, 0.6) is 0 Å². The van der Waals surface area contributed by atoms with E-state index in [0.717, 1.165) is 18.4 Å². The van der Waals surface area contributed by atoms with Gasteiger partial charge >= 0.3 is 181 Å². The van der Waals surface area contributed by atoms with Gasteiger partial charge in [0.15, 0.2) is 0 Å². The Morgan fingerprint density at radius 1 is 0.714 bits per heavy atom. The van der Waals surface area contributed by atoms with Gasteiger partial charge in [0, 0.05) is 0 Å². The Morgan fingerprint density at radius 3 is 1.61 bits per heavy atom. The van der Waals surface area contributed by atoms with E-state index in [2.05, 4.69) is 65.0 Å². The fourth-order valence-corrected chi connectivity index (χ4v) is 19.5. The normalized spacial score (nSPS) is 15.1. The van der Waals surface area contributed by atoms with Crippen LogP contribution in [0.4, 0.5) is 0 Å². The predicted octanol–water partition coefficient (Wildman–Crippen LogP) is 8.54. The molecule has 0 aromatic heterocycles. The fourth-order valence-electron chi connectivity index (χ4n) is 3.84. The predicted molar refractivity (Wildman–Crippen MR) is 132 cm³/mol. The molecule has 2 heteroatoms. The van der Waals surface area contributed by atoms with Crippen LogP contribution in [0.25, 0.3) is 0 Å². The Bertz CT molecular complexity index is 477. The minimum atomic E-state index is -2.21. The number of hydrogen-bond donors (Lipinski definition) is 1. The van der Waals surface area contributed by atoms with Crippen LogP contribution in [-0.2, 0) is 0 Å². The van der Waals surface area contributed by atoms with E-state index in [-0.39, 0.29) is 6.10 Å². The van der Waals surface area contributed by atoms with E-state index in [1.54, 1.807) is 3.59 Å². The summed E-state index contributed by atoms with van der Waals surface area (Å²) < 4.78 is 6.37. The first-order valence-corrected chi connectivity index (χ1v) is 19.3. The summed E-state index contributed by atoms with van der Waals surface area (Å²) >= 11 is -2.21. The van der Waals surface area contributed by atoms with E-state index in [4.69, 9.17) is 0 Å². The molecule has 0 aliphatic rings. The van der Waals surface area contributed by atoms with Crippen LogP contribution in [0, 0.1) is 0 Å². The molecule has 1 nitrogen and oxygen atoms in total. The quantitative estimate of drug-likeness (QED) is 0.168. The summed E-state index contributed by atoms with van der Waals surface area (Å²) in [5.41, 5.74) is 1.05. The third-order valence-corrected chi connectivity index (χ3v) is 22.5. The van der Waals surface area contributed by atoms with Crippen molar-refractivity contribution in [2.45, 2.75) is 112 Å². The van der Waals surface area contributed by atoms with Gasteiger partial charge in [0.2, 0.25) is 0 Å². The number of aliphatic hydroxyl groups is 1. The standard InChI is InChI=1S/C14H21O.3C4H9.Sn/c1-4-6-7-8-9-10-12-13(3)14(15)11-5-2;3*1-3-4-2;/h6-10,12,14-15H,5,11H2,1-3H3;3*1,3-4H2,2H3;/b6-4?,8-7+,10-9+,13-12+;;;;. The zero-order valence-corrected chi connectivity index (χ0v) is 22.6. The van der Waals surface area contributed by atoms with Gasteiger partial charge in [0.05, 0.1) is 0 Å². The molecule has 0 bridgehead atoms. The molecule has 0 aromatic carbocycles. The van der Waals surface area contributed by atoms with E-state index in [1.807, 2.05) is 13.0 Å². The van der Waals surface area contributed by atoms with Crippen molar-refractivity contribution in [1.29, 1.82) is 0 Å². The van der Waals surface area contributed by atoms with E-state index in [9.17, 15) is 5.11 Å². The third kappa shape index (κ3) is 11.7. The first-order chi connectivity index (χ1) is 13.5. The summed E-state index contributed by atoms with van der Waals surface area (Å²) in [5, 5.41) is 9.97. The van der Waals surface area contributed by atoms with Crippen molar-refractivity contribution in [3.63, 3.8) is 0 Å². The molecule has 0 rings (SSSR count). The maximum atomic E-state index is 9.97. The van der Waals surface area contributed by atoms with E-state index < -0.39 is 18.4 Å². The second-order valence-electron chi connectivity index (χ2n) is 8.43. The Morgan fingerprint density at radius 2 is 1.18 bits per heavy atom. The number of rotatable bonds is 16. The molecule has 0 amide bonds. The van der Waals surface area contributed by atoms with E-state index in [1.165, 1.54) is 51.8 Å².